The van der Waals surface area contributed by atoms with Gasteiger partial charge in [-0.1, -0.05) is 27.5 Å². The van der Waals surface area contributed by atoms with Crippen LogP contribution in [0.4, 0.5) is 0 Å². The minimum absolute atomic E-state index is 0.0317. The largest absolute Gasteiger partial charge is 0.507 e. The predicted octanol–water partition coefficient (Wildman–Crippen LogP) is 3.74. The lowest BCUT2D eigenvalue weighted by Crippen LogP contribution is -2.34. The van der Waals surface area contributed by atoms with Gasteiger partial charge in [0.05, 0.1) is 17.4 Å². The van der Waals surface area contributed by atoms with Crippen LogP contribution in [-0.2, 0) is 20.3 Å². The third kappa shape index (κ3) is 5.08. The lowest BCUT2D eigenvalue weighted by atomic mass is 10.1. The number of likely N-dealkylation sites (N-methyl/N-ethyl adjacent to an activating group) is 1. The molecule has 0 aromatic heterocycles. The molecule has 7 nitrogen and oxygen atoms in total. The standard InChI is InChI=1S/C20H21BrClNO6S/c1-23(10-15-3-2-6-29-15)20(26)16-9-14(22)7-12(19(16)25)11-30(27,28)18-8-13(21)4-5-17(18)24/h4-5,7-9,15,24-25H,2-3,6,10-11H2,1H3. The smallest absolute Gasteiger partial charge is 0.257 e. The highest BCUT2D eigenvalue weighted by atomic mass is 79.9. The van der Waals surface area contributed by atoms with E-state index < -0.39 is 33.0 Å². The molecule has 0 saturated carbocycles. The van der Waals surface area contributed by atoms with Gasteiger partial charge in [0.2, 0.25) is 0 Å². The first-order valence-electron chi connectivity index (χ1n) is 9.18. The molecule has 2 aromatic carbocycles. The molecule has 30 heavy (non-hydrogen) atoms. The molecule has 0 spiro atoms. The van der Waals surface area contributed by atoms with Crippen LogP contribution in [0.1, 0.15) is 28.8 Å². The number of hydrogen-bond acceptors (Lipinski definition) is 6. The Morgan fingerprint density at radius 1 is 1.30 bits per heavy atom. The fourth-order valence-corrected chi connectivity index (χ4v) is 5.56. The molecule has 3 rings (SSSR count). The van der Waals surface area contributed by atoms with Crippen LogP contribution >= 0.6 is 27.5 Å². The third-order valence-corrected chi connectivity index (χ3v) is 7.23. The predicted molar refractivity (Wildman–Crippen MR) is 116 cm³/mol. The van der Waals surface area contributed by atoms with Gasteiger partial charge in [0.15, 0.2) is 9.84 Å². The summed E-state index contributed by atoms with van der Waals surface area (Å²) in [6, 6.07) is 6.63. The number of amides is 1. The Morgan fingerprint density at radius 2 is 2.03 bits per heavy atom. The van der Waals surface area contributed by atoms with Crippen LogP contribution < -0.4 is 0 Å². The lowest BCUT2D eigenvalue weighted by Gasteiger charge is -2.22. The van der Waals surface area contributed by atoms with Gasteiger partial charge in [-0.05, 0) is 43.2 Å². The summed E-state index contributed by atoms with van der Waals surface area (Å²) in [4.78, 5) is 14.0. The van der Waals surface area contributed by atoms with Crippen LogP contribution in [0.2, 0.25) is 5.02 Å². The first-order chi connectivity index (χ1) is 14.1. The van der Waals surface area contributed by atoms with Gasteiger partial charge in [-0.25, -0.2) is 8.42 Å². The summed E-state index contributed by atoms with van der Waals surface area (Å²) >= 11 is 9.29. The first-order valence-corrected chi connectivity index (χ1v) is 12.0. The van der Waals surface area contributed by atoms with Gasteiger partial charge in [0.25, 0.3) is 5.91 Å². The zero-order valence-electron chi connectivity index (χ0n) is 16.1. The summed E-state index contributed by atoms with van der Waals surface area (Å²) in [5.41, 5.74) is -0.123. The number of aromatic hydroxyl groups is 2. The molecule has 1 atom stereocenters. The van der Waals surface area contributed by atoms with Crippen molar-refractivity contribution in [3.63, 3.8) is 0 Å². The Kier molecular flexibility index (Phi) is 6.96. The molecule has 1 unspecified atom stereocenters. The van der Waals surface area contributed by atoms with Crippen LogP contribution in [0.3, 0.4) is 0 Å². The molecule has 10 heteroatoms. The van der Waals surface area contributed by atoms with Crippen molar-refractivity contribution in [2.75, 3.05) is 20.2 Å². The summed E-state index contributed by atoms with van der Waals surface area (Å²) in [5.74, 6) is -2.00. The number of ether oxygens (including phenoxy) is 1. The van der Waals surface area contributed by atoms with Crippen molar-refractivity contribution < 1.29 is 28.2 Å². The zero-order valence-corrected chi connectivity index (χ0v) is 19.3. The van der Waals surface area contributed by atoms with Crippen molar-refractivity contribution in [3.8, 4) is 11.5 Å². The van der Waals surface area contributed by atoms with E-state index in [1.165, 1.54) is 35.2 Å². The van der Waals surface area contributed by atoms with Gasteiger partial charge >= 0.3 is 0 Å². The molecule has 162 valence electrons. The van der Waals surface area contributed by atoms with Gasteiger partial charge in [0.1, 0.15) is 16.4 Å². The Labute approximate surface area is 188 Å². The van der Waals surface area contributed by atoms with E-state index >= 15 is 0 Å². The molecule has 1 fully saturated rings. The van der Waals surface area contributed by atoms with E-state index in [2.05, 4.69) is 15.9 Å². The van der Waals surface area contributed by atoms with E-state index in [1.54, 1.807) is 7.05 Å². The van der Waals surface area contributed by atoms with Crippen molar-refractivity contribution in [1.82, 2.24) is 4.90 Å². The number of phenolic OH excluding ortho intramolecular Hbond substituents is 2. The molecule has 1 heterocycles. The van der Waals surface area contributed by atoms with Crippen molar-refractivity contribution in [2.24, 2.45) is 0 Å². The van der Waals surface area contributed by atoms with Gasteiger partial charge in [-0.3, -0.25) is 4.79 Å². The van der Waals surface area contributed by atoms with E-state index in [0.717, 1.165) is 12.8 Å². The molecule has 2 aromatic rings. The number of rotatable bonds is 6. The summed E-state index contributed by atoms with van der Waals surface area (Å²) < 4.78 is 31.7. The number of benzene rings is 2. The Morgan fingerprint density at radius 3 is 2.70 bits per heavy atom. The quantitative estimate of drug-likeness (QED) is 0.604. The van der Waals surface area contributed by atoms with Crippen molar-refractivity contribution in [1.29, 1.82) is 0 Å². The number of halogens is 2. The van der Waals surface area contributed by atoms with E-state index in [9.17, 15) is 23.4 Å². The number of hydrogen-bond donors (Lipinski definition) is 2. The topological polar surface area (TPSA) is 104 Å². The van der Waals surface area contributed by atoms with Crippen LogP contribution in [-0.4, -0.2) is 55.7 Å². The molecule has 0 radical (unpaired) electrons. The molecule has 1 aliphatic rings. The van der Waals surface area contributed by atoms with Crippen LogP contribution in [0, 0.1) is 0 Å². The van der Waals surface area contributed by atoms with Gasteiger partial charge in [-0.2, -0.15) is 0 Å². The minimum atomic E-state index is -4.03. The Balaban J connectivity index is 1.90. The maximum absolute atomic E-state index is 12.8. The molecular formula is C20H21BrClNO6S. The second-order valence-corrected chi connectivity index (χ2v) is 10.5. The zero-order chi connectivity index (χ0) is 22.1. The maximum atomic E-state index is 12.8. The molecule has 1 saturated heterocycles. The Bertz CT molecular complexity index is 1070. The number of carbonyl (C=O) groups excluding carboxylic acids is 1. The molecule has 1 aliphatic heterocycles. The highest BCUT2D eigenvalue weighted by Crippen LogP contribution is 2.34. The van der Waals surface area contributed by atoms with Crippen molar-refractivity contribution in [3.05, 3.63) is 51.0 Å². The average molecular weight is 519 g/mol. The summed E-state index contributed by atoms with van der Waals surface area (Å²) in [6.07, 6.45) is 1.71. The second kappa shape index (κ2) is 9.13. The minimum Gasteiger partial charge on any atom is -0.507 e. The molecular weight excluding hydrogens is 498 g/mol. The second-order valence-electron chi connectivity index (χ2n) is 7.15. The summed E-state index contributed by atoms with van der Waals surface area (Å²) in [5, 5.41) is 20.7. The Hall–Kier alpha value is -1.81. The molecule has 0 bridgehead atoms. The number of phenols is 2. The van der Waals surface area contributed by atoms with E-state index in [-0.39, 0.29) is 27.1 Å². The monoisotopic (exact) mass is 517 g/mol. The highest BCUT2D eigenvalue weighted by Gasteiger charge is 2.27. The molecule has 1 amide bonds. The lowest BCUT2D eigenvalue weighted by molar-refractivity contribution is 0.0584. The normalized spacial score (nSPS) is 16.6. The van der Waals surface area contributed by atoms with Crippen molar-refractivity contribution >= 4 is 43.3 Å². The SMILES string of the molecule is CN(CC1CCCO1)C(=O)c1cc(Cl)cc(CS(=O)(=O)c2cc(Br)ccc2O)c1O. The van der Waals surface area contributed by atoms with Crippen LogP contribution in [0.25, 0.3) is 0 Å². The fraction of sp³-hybridized carbons (Fsp3) is 0.350. The van der Waals surface area contributed by atoms with E-state index in [4.69, 9.17) is 16.3 Å². The van der Waals surface area contributed by atoms with Crippen LogP contribution in [0.5, 0.6) is 11.5 Å². The summed E-state index contributed by atoms with van der Waals surface area (Å²) in [7, 11) is -2.45. The van der Waals surface area contributed by atoms with Gasteiger partial charge in [0, 0.05) is 35.3 Å². The van der Waals surface area contributed by atoms with E-state index in [1.807, 2.05) is 0 Å². The van der Waals surface area contributed by atoms with Gasteiger partial charge < -0.3 is 19.8 Å². The maximum Gasteiger partial charge on any atom is 0.257 e. The average Bonchev–Trinajstić information content (AvgIpc) is 3.18. The van der Waals surface area contributed by atoms with Crippen molar-refractivity contribution in [2.45, 2.75) is 29.6 Å². The number of sulfone groups is 1. The molecule has 2 N–H and O–H groups in total. The third-order valence-electron chi connectivity index (χ3n) is 4.83. The summed E-state index contributed by atoms with van der Waals surface area (Å²) in [6.45, 7) is 1.00. The van der Waals surface area contributed by atoms with Crippen LogP contribution in [0.15, 0.2) is 39.7 Å². The number of carbonyl (C=O) groups is 1. The fourth-order valence-electron chi connectivity index (χ4n) is 3.33. The van der Waals surface area contributed by atoms with Gasteiger partial charge in [-0.15, -0.1) is 0 Å². The molecule has 0 aliphatic carbocycles. The highest BCUT2D eigenvalue weighted by molar-refractivity contribution is 9.10. The number of nitrogens with zero attached hydrogens (tertiary/aromatic N) is 1. The first kappa shape index (κ1) is 22.9. The van der Waals surface area contributed by atoms with E-state index in [0.29, 0.717) is 17.6 Å².